The summed E-state index contributed by atoms with van der Waals surface area (Å²) in [6.45, 7) is 2.13. The van der Waals surface area contributed by atoms with E-state index in [4.69, 9.17) is 6.42 Å². The van der Waals surface area contributed by atoms with Gasteiger partial charge in [0.15, 0.2) is 0 Å². The van der Waals surface area contributed by atoms with Gasteiger partial charge in [-0.05, 0) is 37.0 Å². The predicted octanol–water partition coefficient (Wildman–Crippen LogP) is 2.96. The van der Waals surface area contributed by atoms with Crippen LogP contribution in [0.3, 0.4) is 0 Å². The van der Waals surface area contributed by atoms with E-state index in [1.54, 1.807) is 0 Å². The highest BCUT2D eigenvalue weighted by molar-refractivity contribution is 5.63. The van der Waals surface area contributed by atoms with Crippen LogP contribution in [0.1, 0.15) is 23.1 Å². The Bertz CT molecular complexity index is 403. The normalized spacial score (nSPS) is 14.3. The summed E-state index contributed by atoms with van der Waals surface area (Å²) >= 11 is 0. The van der Waals surface area contributed by atoms with Crippen LogP contribution in [0.2, 0.25) is 0 Å². The maximum Gasteiger partial charge on any atom is 0.00269 e. The van der Waals surface area contributed by atoms with Gasteiger partial charge in [0.2, 0.25) is 0 Å². The minimum absolute atomic E-state index is 1.02. The van der Waals surface area contributed by atoms with Crippen molar-refractivity contribution >= 4 is 6.08 Å². The third-order valence-corrected chi connectivity index (χ3v) is 2.48. The van der Waals surface area contributed by atoms with Crippen LogP contribution < -0.4 is 0 Å². The minimum atomic E-state index is 1.02. The van der Waals surface area contributed by atoms with Crippen LogP contribution in [0.5, 0.6) is 0 Å². The maximum absolute atomic E-state index is 5.37. The Morgan fingerprint density at radius 3 is 2.92 bits per heavy atom. The van der Waals surface area contributed by atoms with Crippen molar-refractivity contribution < 1.29 is 0 Å². The minimum Gasteiger partial charge on any atom is -0.115 e. The Hall–Kier alpha value is -1.48. The van der Waals surface area contributed by atoms with E-state index in [-0.39, 0.29) is 0 Å². The van der Waals surface area contributed by atoms with E-state index in [1.165, 1.54) is 16.7 Å². The zero-order valence-corrected chi connectivity index (χ0v) is 7.80. The van der Waals surface area contributed by atoms with Crippen molar-refractivity contribution in [3.8, 4) is 12.3 Å². The molecule has 0 amide bonds. The summed E-state index contributed by atoms with van der Waals surface area (Å²) in [4.78, 5) is 0. The second-order valence-corrected chi connectivity index (χ2v) is 3.52. The number of allylic oxidation sites excluding steroid dienone is 1. The fourth-order valence-electron chi connectivity index (χ4n) is 1.73. The van der Waals surface area contributed by atoms with Crippen molar-refractivity contribution in [1.29, 1.82) is 0 Å². The molecule has 0 radical (unpaired) electrons. The Morgan fingerprint density at radius 2 is 2.15 bits per heavy atom. The topological polar surface area (TPSA) is 0 Å². The van der Waals surface area contributed by atoms with Crippen LogP contribution in [-0.2, 0) is 6.42 Å². The molecule has 1 aromatic carbocycles. The molecule has 0 heterocycles. The maximum atomic E-state index is 5.37. The molecule has 0 saturated carbocycles. The summed E-state index contributed by atoms with van der Waals surface area (Å²) in [6.07, 6.45) is 9.61. The van der Waals surface area contributed by atoms with Crippen LogP contribution in [0.25, 0.3) is 6.08 Å². The molecule has 0 spiro atoms. The molecule has 1 aliphatic carbocycles. The average molecular weight is 168 g/mol. The molecule has 1 aliphatic rings. The van der Waals surface area contributed by atoms with E-state index < -0.39 is 0 Å². The summed E-state index contributed by atoms with van der Waals surface area (Å²) in [7, 11) is 0. The van der Waals surface area contributed by atoms with Crippen LogP contribution >= 0.6 is 0 Å². The molecule has 0 nitrogen and oxygen atoms in total. The number of hydrogen-bond donors (Lipinski definition) is 0. The lowest BCUT2D eigenvalue weighted by atomic mass is 9.91. The monoisotopic (exact) mass is 168 g/mol. The number of aryl methyl sites for hydroxylation is 2. The van der Waals surface area contributed by atoms with E-state index in [2.05, 4.69) is 37.1 Å². The van der Waals surface area contributed by atoms with Crippen molar-refractivity contribution in [2.45, 2.75) is 19.8 Å². The van der Waals surface area contributed by atoms with Gasteiger partial charge in [0, 0.05) is 5.57 Å². The highest BCUT2D eigenvalue weighted by Gasteiger charge is 2.08. The van der Waals surface area contributed by atoms with Crippen molar-refractivity contribution in [2.75, 3.05) is 0 Å². The molecule has 13 heavy (non-hydrogen) atoms. The first kappa shape index (κ1) is 8.13. The van der Waals surface area contributed by atoms with Gasteiger partial charge >= 0.3 is 0 Å². The first-order chi connectivity index (χ1) is 6.29. The lowest BCUT2D eigenvalue weighted by molar-refractivity contribution is 0.955. The Labute approximate surface area is 79.3 Å². The molecule has 2 rings (SSSR count). The summed E-state index contributed by atoms with van der Waals surface area (Å²) in [5.41, 5.74) is 5.18. The zero-order valence-electron chi connectivity index (χ0n) is 7.80. The number of rotatable bonds is 0. The predicted molar refractivity (Wildman–Crippen MR) is 56.3 cm³/mol. The van der Waals surface area contributed by atoms with Crippen LogP contribution in [0.15, 0.2) is 23.8 Å². The van der Waals surface area contributed by atoms with E-state index in [0.29, 0.717) is 0 Å². The SMILES string of the molecule is C#CC1=Cc2ccc(C)cc2CC1. The van der Waals surface area contributed by atoms with Crippen molar-refractivity contribution in [3.63, 3.8) is 0 Å². The summed E-state index contributed by atoms with van der Waals surface area (Å²) in [5.74, 6) is 2.72. The number of hydrogen-bond acceptors (Lipinski definition) is 0. The molecule has 0 fully saturated rings. The molecular weight excluding hydrogens is 156 g/mol. The second kappa shape index (κ2) is 3.11. The lowest BCUT2D eigenvalue weighted by Gasteiger charge is -2.13. The van der Waals surface area contributed by atoms with Gasteiger partial charge in [-0.1, -0.05) is 29.7 Å². The van der Waals surface area contributed by atoms with Crippen molar-refractivity contribution in [1.82, 2.24) is 0 Å². The summed E-state index contributed by atoms with van der Waals surface area (Å²) in [5, 5.41) is 0. The van der Waals surface area contributed by atoms with Gasteiger partial charge in [-0.3, -0.25) is 0 Å². The van der Waals surface area contributed by atoms with Gasteiger partial charge in [-0.2, -0.15) is 0 Å². The van der Waals surface area contributed by atoms with E-state index in [9.17, 15) is 0 Å². The molecule has 0 atom stereocenters. The first-order valence-corrected chi connectivity index (χ1v) is 4.56. The van der Waals surface area contributed by atoms with Gasteiger partial charge in [-0.15, -0.1) is 6.42 Å². The molecule has 0 unspecified atom stereocenters. The molecular formula is C13H12. The van der Waals surface area contributed by atoms with Crippen molar-refractivity contribution in [3.05, 3.63) is 40.5 Å². The Morgan fingerprint density at radius 1 is 1.31 bits per heavy atom. The molecule has 0 aliphatic heterocycles. The van der Waals surface area contributed by atoms with Gasteiger partial charge in [0.25, 0.3) is 0 Å². The Balaban J connectivity index is 2.50. The summed E-state index contributed by atoms with van der Waals surface area (Å²) in [6, 6.07) is 6.54. The summed E-state index contributed by atoms with van der Waals surface area (Å²) < 4.78 is 0. The highest BCUT2D eigenvalue weighted by atomic mass is 14.1. The molecule has 0 saturated heterocycles. The first-order valence-electron chi connectivity index (χ1n) is 4.56. The smallest absolute Gasteiger partial charge is 0.00269 e. The van der Waals surface area contributed by atoms with Crippen LogP contribution in [0.4, 0.5) is 0 Å². The molecule has 0 bridgehead atoms. The molecule has 64 valence electrons. The van der Waals surface area contributed by atoms with E-state index in [1.807, 2.05) is 0 Å². The Kier molecular flexibility index (Phi) is 1.94. The lowest BCUT2D eigenvalue weighted by Crippen LogP contribution is -1.98. The average Bonchev–Trinajstić information content (AvgIpc) is 2.17. The molecule has 0 N–H and O–H groups in total. The molecule has 0 aromatic heterocycles. The third-order valence-electron chi connectivity index (χ3n) is 2.48. The van der Waals surface area contributed by atoms with Crippen LogP contribution in [-0.4, -0.2) is 0 Å². The molecule has 0 heteroatoms. The fraction of sp³-hybridized carbons (Fsp3) is 0.231. The zero-order chi connectivity index (χ0) is 9.26. The van der Waals surface area contributed by atoms with Gasteiger partial charge in [-0.25, -0.2) is 0 Å². The number of terminal acetylenes is 1. The molecule has 1 aromatic rings. The van der Waals surface area contributed by atoms with Gasteiger partial charge < -0.3 is 0 Å². The van der Waals surface area contributed by atoms with E-state index in [0.717, 1.165) is 18.4 Å². The quantitative estimate of drug-likeness (QED) is 0.522. The van der Waals surface area contributed by atoms with Gasteiger partial charge in [0.1, 0.15) is 0 Å². The van der Waals surface area contributed by atoms with Gasteiger partial charge in [0.05, 0.1) is 0 Å². The highest BCUT2D eigenvalue weighted by Crippen LogP contribution is 2.24. The van der Waals surface area contributed by atoms with E-state index >= 15 is 0 Å². The fourth-order valence-corrected chi connectivity index (χ4v) is 1.73. The second-order valence-electron chi connectivity index (χ2n) is 3.52. The number of benzene rings is 1. The largest absolute Gasteiger partial charge is 0.115 e. The standard InChI is InChI=1S/C13H12/c1-3-11-5-7-12-8-10(2)4-6-13(12)9-11/h1,4,6,8-9H,5,7H2,2H3. The van der Waals surface area contributed by atoms with Crippen LogP contribution in [0, 0.1) is 19.3 Å². The third kappa shape index (κ3) is 1.51. The van der Waals surface area contributed by atoms with Crippen molar-refractivity contribution in [2.24, 2.45) is 0 Å². The number of fused-ring (bicyclic) bond motifs is 1.